The monoisotopic (exact) mass is 315 g/mol. The van der Waals surface area contributed by atoms with Gasteiger partial charge in [-0.2, -0.15) is 5.10 Å². The summed E-state index contributed by atoms with van der Waals surface area (Å²) in [5.74, 6) is 0.387. The minimum Gasteiger partial charge on any atom is -0.340 e. The third-order valence-electron chi connectivity index (χ3n) is 4.34. The Morgan fingerprint density at radius 2 is 2.04 bits per heavy atom. The number of amides is 1. The highest BCUT2D eigenvalue weighted by atomic mass is 16.2. The predicted molar refractivity (Wildman–Crippen MR) is 85.0 cm³/mol. The molecule has 7 nitrogen and oxygen atoms in total. The lowest BCUT2D eigenvalue weighted by Crippen LogP contribution is -2.52. The van der Waals surface area contributed by atoms with Gasteiger partial charge in [0.05, 0.1) is 12.5 Å². The molecule has 0 unspecified atom stereocenters. The molecule has 1 aliphatic rings. The van der Waals surface area contributed by atoms with Crippen LogP contribution in [0.2, 0.25) is 0 Å². The number of aromatic nitrogens is 4. The highest BCUT2D eigenvalue weighted by molar-refractivity contribution is 5.76. The molecule has 2 aromatic rings. The Hall–Kier alpha value is -2.44. The van der Waals surface area contributed by atoms with Crippen LogP contribution in [0.1, 0.15) is 16.8 Å². The van der Waals surface area contributed by atoms with Gasteiger partial charge in [-0.3, -0.25) is 18.8 Å². The van der Waals surface area contributed by atoms with E-state index in [-0.39, 0.29) is 18.0 Å². The third-order valence-corrected chi connectivity index (χ3v) is 4.34. The number of carbonyl (C=O) groups excluding carboxylic acids is 1. The van der Waals surface area contributed by atoms with Crippen LogP contribution in [0.4, 0.5) is 0 Å². The molecule has 0 saturated carbocycles. The smallest absolute Gasteiger partial charge is 0.256 e. The van der Waals surface area contributed by atoms with E-state index >= 15 is 0 Å². The van der Waals surface area contributed by atoms with E-state index in [1.165, 1.54) is 10.9 Å². The lowest BCUT2D eigenvalue weighted by molar-refractivity contribution is -0.138. The van der Waals surface area contributed by atoms with E-state index in [1.807, 2.05) is 24.0 Å². The zero-order chi connectivity index (χ0) is 16.6. The Labute approximate surface area is 134 Å². The van der Waals surface area contributed by atoms with Gasteiger partial charge in [-0.25, -0.2) is 4.98 Å². The number of aryl methyl sites for hydroxylation is 2. The summed E-state index contributed by atoms with van der Waals surface area (Å²) in [6.45, 7) is 7.84. The molecule has 0 aliphatic carbocycles. The van der Waals surface area contributed by atoms with Crippen LogP contribution >= 0.6 is 0 Å². The Balaban J connectivity index is 1.55. The molecule has 0 atom stereocenters. The fourth-order valence-electron chi connectivity index (χ4n) is 2.75. The van der Waals surface area contributed by atoms with Crippen molar-refractivity contribution in [3.8, 4) is 0 Å². The van der Waals surface area contributed by atoms with Crippen molar-refractivity contribution < 1.29 is 4.79 Å². The normalized spacial score (nSPS) is 14.8. The van der Waals surface area contributed by atoms with E-state index in [2.05, 4.69) is 10.1 Å². The van der Waals surface area contributed by atoms with Crippen molar-refractivity contribution in [1.82, 2.24) is 24.2 Å². The van der Waals surface area contributed by atoms with E-state index in [1.54, 1.807) is 18.7 Å². The van der Waals surface area contributed by atoms with Gasteiger partial charge < -0.3 is 4.90 Å². The lowest BCUT2D eigenvalue weighted by atomic mass is 10.0. The molecular weight excluding hydrogens is 294 g/mol. The van der Waals surface area contributed by atoms with Gasteiger partial charge in [0.1, 0.15) is 6.54 Å². The van der Waals surface area contributed by atoms with Crippen LogP contribution in [0, 0.1) is 26.7 Å². The Morgan fingerprint density at radius 3 is 2.70 bits per heavy atom. The number of rotatable bonds is 4. The maximum Gasteiger partial charge on any atom is 0.256 e. The molecule has 1 saturated heterocycles. The van der Waals surface area contributed by atoms with Crippen LogP contribution in [0.3, 0.4) is 0 Å². The topological polar surface area (TPSA) is 73.0 Å². The Bertz CT molecular complexity index is 786. The van der Waals surface area contributed by atoms with Gasteiger partial charge in [0.2, 0.25) is 5.91 Å². The van der Waals surface area contributed by atoms with E-state index in [9.17, 15) is 9.59 Å². The standard InChI is InChI=1S/C16H21N5O2/c1-11-4-18-21(5-11)8-14-6-19(7-14)15(22)9-20-10-17-13(3)12(2)16(20)23/h4-5,10,14H,6-9H2,1-3H3. The Morgan fingerprint density at radius 1 is 1.30 bits per heavy atom. The van der Waals surface area contributed by atoms with Gasteiger partial charge in [-0.15, -0.1) is 0 Å². The van der Waals surface area contributed by atoms with E-state index in [0.29, 0.717) is 30.3 Å². The van der Waals surface area contributed by atoms with Crippen molar-refractivity contribution >= 4 is 5.91 Å². The van der Waals surface area contributed by atoms with Crippen molar-refractivity contribution in [2.75, 3.05) is 13.1 Å². The van der Waals surface area contributed by atoms with Gasteiger partial charge in [-0.1, -0.05) is 0 Å². The average molecular weight is 315 g/mol. The van der Waals surface area contributed by atoms with Crippen LogP contribution in [0.25, 0.3) is 0 Å². The molecule has 23 heavy (non-hydrogen) atoms. The van der Waals surface area contributed by atoms with Crippen molar-refractivity contribution in [3.63, 3.8) is 0 Å². The van der Waals surface area contributed by atoms with Crippen LogP contribution < -0.4 is 5.56 Å². The average Bonchev–Trinajstić information content (AvgIpc) is 2.88. The second-order valence-electron chi connectivity index (χ2n) is 6.29. The summed E-state index contributed by atoms with van der Waals surface area (Å²) in [5, 5.41) is 4.26. The molecule has 0 N–H and O–H groups in total. The quantitative estimate of drug-likeness (QED) is 0.825. The number of nitrogens with zero attached hydrogens (tertiary/aromatic N) is 5. The zero-order valence-electron chi connectivity index (χ0n) is 13.7. The number of likely N-dealkylation sites (tertiary alicyclic amines) is 1. The summed E-state index contributed by atoms with van der Waals surface area (Å²) in [5.41, 5.74) is 2.29. The first-order chi connectivity index (χ1) is 10.9. The summed E-state index contributed by atoms with van der Waals surface area (Å²) in [6, 6.07) is 0. The van der Waals surface area contributed by atoms with Gasteiger partial charge >= 0.3 is 0 Å². The highest BCUT2D eigenvalue weighted by Crippen LogP contribution is 2.18. The highest BCUT2D eigenvalue weighted by Gasteiger charge is 2.31. The summed E-state index contributed by atoms with van der Waals surface area (Å²) in [4.78, 5) is 30.3. The minimum atomic E-state index is -0.144. The Kier molecular flexibility index (Phi) is 4.02. The second-order valence-corrected chi connectivity index (χ2v) is 6.29. The number of hydrogen-bond acceptors (Lipinski definition) is 4. The van der Waals surface area contributed by atoms with Crippen LogP contribution in [0.15, 0.2) is 23.5 Å². The maximum atomic E-state index is 12.3. The maximum absolute atomic E-state index is 12.3. The van der Waals surface area contributed by atoms with Crippen molar-refractivity contribution in [3.05, 3.63) is 45.9 Å². The van der Waals surface area contributed by atoms with Gasteiger partial charge in [0.25, 0.3) is 5.56 Å². The van der Waals surface area contributed by atoms with Crippen molar-refractivity contribution in [1.29, 1.82) is 0 Å². The molecule has 0 radical (unpaired) electrons. The first-order valence-corrected chi connectivity index (χ1v) is 7.73. The molecule has 0 aromatic carbocycles. The lowest BCUT2D eigenvalue weighted by Gasteiger charge is -2.39. The molecule has 0 spiro atoms. The van der Waals surface area contributed by atoms with Crippen molar-refractivity contribution in [2.24, 2.45) is 5.92 Å². The van der Waals surface area contributed by atoms with Crippen LogP contribution in [-0.2, 0) is 17.9 Å². The number of hydrogen-bond donors (Lipinski definition) is 0. The van der Waals surface area contributed by atoms with Crippen molar-refractivity contribution in [2.45, 2.75) is 33.9 Å². The molecular formula is C16H21N5O2. The van der Waals surface area contributed by atoms with Crippen LogP contribution in [-0.4, -0.2) is 43.2 Å². The molecule has 0 bridgehead atoms. The first-order valence-electron chi connectivity index (χ1n) is 7.73. The zero-order valence-corrected chi connectivity index (χ0v) is 13.7. The van der Waals surface area contributed by atoms with E-state index in [4.69, 9.17) is 0 Å². The first kappa shape index (κ1) is 15.5. The fraction of sp³-hybridized carbons (Fsp3) is 0.500. The largest absolute Gasteiger partial charge is 0.340 e. The van der Waals surface area contributed by atoms with Gasteiger partial charge in [-0.05, 0) is 26.3 Å². The summed E-state index contributed by atoms with van der Waals surface area (Å²) < 4.78 is 3.30. The summed E-state index contributed by atoms with van der Waals surface area (Å²) in [7, 11) is 0. The molecule has 1 fully saturated rings. The van der Waals surface area contributed by atoms with Crippen LogP contribution in [0.5, 0.6) is 0 Å². The fourth-order valence-corrected chi connectivity index (χ4v) is 2.75. The molecule has 7 heteroatoms. The molecule has 1 aliphatic heterocycles. The summed E-state index contributed by atoms with van der Waals surface area (Å²) >= 11 is 0. The molecule has 3 heterocycles. The summed E-state index contributed by atoms with van der Waals surface area (Å²) in [6.07, 6.45) is 5.29. The van der Waals surface area contributed by atoms with Gasteiger partial charge in [0.15, 0.2) is 0 Å². The second kappa shape index (κ2) is 5.98. The third kappa shape index (κ3) is 3.18. The molecule has 1 amide bonds. The molecule has 2 aromatic heterocycles. The molecule has 122 valence electrons. The predicted octanol–water partition coefficient (Wildman–Crippen LogP) is 0.524. The minimum absolute atomic E-state index is 0.0370. The SMILES string of the molecule is Cc1cnn(CC2CN(C(=O)Cn3cnc(C)c(C)c3=O)C2)c1. The molecule has 3 rings (SSSR count). The number of carbonyl (C=O) groups is 1. The van der Waals surface area contributed by atoms with E-state index < -0.39 is 0 Å². The van der Waals surface area contributed by atoms with E-state index in [0.717, 1.165) is 12.1 Å². The van der Waals surface area contributed by atoms with Gasteiger partial charge in [0, 0.05) is 43.0 Å².